The van der Waals surface area contributed by atoms with Gasteiger partial charge in [0, 0.05) is 38.4 Å². The largest absolute Gasteiger partial charge is 0.455 e. The average Bonchev–Trinajstić information content (AvgIpc) is 3.72. The summed E-state index contributed by atoms with van der Waals surface area (Å²) in [5.41, 5.74) is 8.56. The molecule has 0 bridgehead atoms. The lowest BCUT2D eigenvalue weighted by Crippen LogP contribution is -2.02. The molecule has 0 aliphatic rings. The Labute approximate surface area is 286 Å². The van der Waals surface area contributed by atoms with Gasteiger partial charge in [-0.15, -0.1) is 0 Å². The molecule has 0 radical (unpaired) electrons. The second kappa shape index (κ2) is 11.0. The lowest BCUT2D eigenvalue weighted by molar-refractivity contribution is 0.670. The number of aromatic nitrogens is 3. The molecule has 3 aromatic heterocycles. The van der Waals surface area contributed by atoms with Crippen molar-refractivity contribution in [3.63, 3.8) is 0 Å². The van der Waals surface area contributed by atoms with Gasteiger partial charge in [-0.05, 0) is 47.2 Å². The van der Waals surface area contributed by atoms with Gasteiger partial charge >= 0.3 is 0 Å². The van der Waals surface area contributed by atoms with Crippen molar-refractivity contribution in [3.8, 4) is 45.7 Å². The molecule has 5 heteroatoms. The van der Waals surface area contributed by atoms with Crippen LogP contribution in [-0.4, -0.2) is 14.5 Å². The van der Waals surface area contributed by atoms with E-state index in [0.29, 0.717) is 28.4 Å². The van der Waals surface area contributed by atoms with E-state index >= 15 is 0 Å². The number of rotatable bonds is 4. The number of hydrogen-bond acceptors (Lipinski definition) is 4. The summed E-state index contributed by atoms with van der Waals surface area (Å²) in [6.45, 7) is 0. The third-order valence-corrected chi connectivity index (χ3v) is 9.63. The molecule has 0 atom stereocenters. The molecular formula is C45H26N4O. The minimum atomic E-state index is 0.394. The number of benzene rings is 7. The maximum Gasteiger partial charge on any atom is 0.160 e. The smallest absolute Gasteiger partial charge is 0.160 e. The van der Waals surface area contributed by atoms with Crippen molar-refractivity contribution in [1.82, 2.24) is 14.5 Å². The monoisotopic (exact) mass is 638 g/mol. The molecule has 0 N–H and O–H groups in total. The zero-order valence-corrected chi connectivity index (χ0v) is 26.7. The van der Waals surface area contributed by atoms with Crippen molar-refractivity contribution in [2.45, 2.75) is 0 Å². The van der Waals surface area contributed by atoms with Gasteiger partial charge in [-0.25, -0.2) is 9.97 Å². The molecule has 50 heavy (non-hydrogen) atoms. The Hall–Kier alpha value is -7.03. The summed E-state index contributed by atoms with van der Waals surface area (Å²) >= 11 is 0. The van der Waals surface area contributed by atoms with E-state index in [9.17, 15) is 5.26 Å². The maximum atomic E-state index is 11.1. The van der Waals surface area contributed by atoms with Crippen molar-refractivity contribution in [2.24, 2.45) is 0 Å². The number of furan rings is 1. The first kappa shape index (κ1) is 28.0. The minimum absolute atomic E-state index is 0.394. The fraction of sp³-hybridized carbons (Fsp3) is 0. The lowest BCUT2D eigenvalue weighted by Gasteiger charge is -2.14. The molecule has 0 unspecified atom stereocenters. The van der Waals surface area contributed by atoms with Crippen LogP contribution in [0.2, 0.25) is 0 Å². The molecule has 0 fully saturated rings. The standard InChI is InChI=1S/C45H26N4O/c46-27-36-42(31-24-23-28-13-7-8-16-30(28)25-31)47-45(29-14-3-1-4-15-29)48-43(36)41-40-34-20-9-11-21-37(34)49(32-17-5-2-6-18-32)38(40)26-35-33-19-10-12-22-39(33)50-44(35)41/h1-26H. The molecule has 0 aliphatic carbocycles. The fourth-order valence-corrected chi connectivity index (χ4v) is 7.39. The molecule has 0 saturated carbocycles. The van der Waals surface area contributed by atoms with Crippen molar-refractivity contribution >= 4 is 54.5 Å². The third kappa shape index (κ3) is 4.19. The summed E-state index contributed by atoms with van der Waals surface area (Å²) in [6, 6.07) is 56.1. The van der Waals surface area contributed by atoms with Gasteiger partial charge in [0.2, 0.25) is 0 Å². The van der Waals surface area contributed by atoms with Crippen LogP contribution < -0.4 is 0 Å². The van der Waals surface area contributed by atoms with E-state index in [2.05, 4.69) is 95.6 Å². The highest BCUT2D eigenvalue weighted by Gasteiger charge is 2.27. The number of fused-ring (bicyclic) bond motifs is 7. The van der Waals surface area contributed by atoms with Crippen LogP contribution in [0.4, 0.5) is 0 Å². The highest BCUT2D eigenvalue weighted by Crippen LogP contribution is 2.47. The SMILES string of the molecule is N#Cc1c(-c2ccc3ccccc3c2)nc(-c2ccccc2)nc1-c1c2oc3ccccc3c2cc2c1c1ccccc1n2-c1ccccc1. The van der Waals surface area contributed by atoms with Crippen molar-refractivity contribution in [3.05, 3.63) is 163 Å². The van der Waals surface area contributed by atoms with Crippen molar-refractivity contribution in [2.75, 3.05) is 0 Å². The van der Waals surface area contributed by atoms with Crippen molar-refractivity contribution in [1.29, 1.82) is 5.26 Å². The number of hydrogen-bond donors (Lipinski definition) is 0. The van der Waals surface area contributed by atoms with E-state index in [1.54, 1.807) is 0 Å². The molecule has 0 aliphatic heterocycles. The van der Waals surface area contributed by atoms with Crippen LogP contribution in [0, 0.1) is 11.3 Å². The number of nitrogens with zero attached hydrogens (tertiary/aromatic N) is 4. The molecule has 10 rings (SSSR count). The van der Waals surface area contributed by atoms with Crippen LogP contribution in [0.25, 0.3) is 94.1 Å². The van der Waals surface area contributed by atoms with E-state index in [1.807, 2.05) is 72.8 Å². The Morgan fingerprint density at radius 2 is 1.22 bits per heavy atom. The number of para-hydroxylation sites is 3. The van der Waals surface area contributed by atoms with Crippen LogP contribution in [0.1, 0.15) is 5.56 Å². The van der Waals surface area contributed by atoms with Crippen LogP contribution in [0.15, 0.2) is 162 Å². The van der Waals surface area contributed by atoms with E-state index in [4.69, 9.17) is 14.4 Å². The van der Waals surface area contributed by atoms with Gasteiger partial charge in [-0.3, -0.25) is 0 Å². The van der Waals surface area contributed by atoms with Gasteiger partial charge in [0.05, 0.1) is 28.0 Å². The first-order chi connectivity index (χ1) is 24.8. The molecule has 10 aromatic rings. The Kier molecular flexibility index (Phi) is 6.17. The van der Waals surface area contributed by atoms with Gasteiger partial charge < -0.3 is 8.98 Å². The molecule has 5 nitrogen and oxygen atoms in total. The van der Waals surface area contributed by atoms with Crippen LogP contribution in [-0.2, 0) is 0 Å². The Balaban J connectivity index is 1.42. The summed E-state index contributed by atoms with van der Waals surface area (Å²) in [5.74, 6) is 0.538. The topological polar surface area (TPSA) is 67.6 Å². The van der Waals surface area contributed by atoms with Gasteiger partial charge in [-0.1, -0.05) is 121 Å². The van der Waals surface area contributed by atoms with Crippen molar-refractivity contribution < 1.29 is 4.42 Å². The summed E-state index contributed by atoms with van der Waals surface area (Å²) in [4.78, 5) is 10.4. The highest BCUT2D eigenvalue weighted by molar-refractivity contribution is 6.25. The second-order valence-electron chi connectivity index (χ2n) is 12.5. The summed E-state index contributed by atoms with van der Waals surface area (Å²) < 4.78 is 9.08. The fourth-order valence-electron chi connectivity index (χ4n) is 7.39. The summed E-state index contributed by atoms with van der Waals surface area (Å²) in [7, 11) is 0. The third-order valence-electron chi connectivity index (χ3n) is 9.63. The lowest BCUT2D eigenvalue weighted by atomic mass is 9.94. The Morgan fingerprint density at radius 3 is 2.04 bits per heavy atom. The Morgan fingerprint density at radius 1 is 0.540 bits per heavy atom. The van der Waals surface area contributed by atoms with Gasteiger partial charge in [-0.2, -0.15) is 5.26 Å². The van der Waals surface area contributed by atoms with Gasteiger partial charge in [0.1, 0.15) is 22.8 Å². The predicted octanol–water partition coefficient (Wildman–Crippen LogP) is 11.5. The minimum Gasteiger partial charge on any atom is -0.455 e. The van der Waals surface area contributed by atoms with Crippen LogP contribution in [0.3, 0.4) is 0 Å². The predicted molar refractivity (Wildman–Crippen MR) is 202 cm³/mol. The first-order valence-corrected chi connectivity index (χ1v) is 16.6. The van der Waals surface area contributed by atoms with Gasteiger partial charge in [0.15, 0.2) is 5.82 Å². The maximum absolute atomic E-state index is 11.1. The first-order valence-electron chi connectivity index (χ1n) is 16.6. The number of nitriles is 1. The zero-order valence-electron chi connectivity index (χ0n) is 26.7. The molecule has 232 valence electrons. The van der Waals surface area contributed by atoms with Gasteiger partial charge in [0.25, 0.3) is 0 Å². The Bertz CT molecular complexity index is 2990. The summed E-state index contributed by atoms with van der Waals surface area (Å²) in [5, 5.41) is 17.3. The average molecular weight is 639 g/mol. The van der Waals surface area contributed by atoms with E-state index in [1.165, 1.54) is 0 Å². The van der Waals surface area contributed by atoms with Crippen LogP contribution in [0.5, 0.6) is 0 Å². The molecular weight excluding hydrogens is 613 g/mol. The zero-order chi connectivity index (χ0) is 33.2. The molecule has 3 heterocycles. The van der Waals surface area contributed by atoms with E-state index in [0.717, 1.165) is 71.3 Å². The molecule has 0 saturated heterocycles. The summed E-state index contributed by atoms with van der Waals surface area (Å²) in [6.07, 6.45) is 0. The quantitative estimate of drug-likeness (QED) is 0.192. The van der Waals surface area contributed by atoms with E-state index in [-0.39, 0.29) is 0 Å². The second-order valence-corrected chi connectivity index (χ2v) is 12.5. The van der Waals surface area contributed by atoms with Crippen LogP contribution >= 0.6 is 0 Å². The molecule has 0 spiro atoms. The normalized spacial score (nSPS) is 11.6. The van der Waals surface area contributed by atoms with E-state index < -0.39 is 0 Å². The molecule has 0 amide bonds. The highest BCUT2D eigenvalue weighted by atomic mass is 16.3. The molecule has 7 aromatic carbocycles.